The Morgan fingerprint density at radius 1 is 0.562 bits per heavy atom. The van der Waals surface area contributed by atoms with Crippen LogP contribution in [0.3, 0.4) is 0 Å². The molecule has 0 aromatic heterocycles. The standard InChI is InChI=1S/C31H37B/c1-23(2)28-21-29(24(3)4)31(30(22-28)25(5)6)32(19-17-26-13-9-7-10-14-26)20-18-27-15-11-8-12-16-27/h7-25H,1-6H3/b19-17+,20-18+. The van der Waals surface area contributed by atoms with Gasteiger partial charge in [-0.15, -0.1) is 12.0 Å². The van der Waals surface area contributed by atoms with Crippen molar-refractivity contribution in [2.45, 2.75) is 59.3 Å². The Morgan fingerprint density at radius 3 is 1.31 bits per heavy atom. The third-order valence-electron chi connectivity index (χ3n) is 6.10. The number of hydrogen-bond donors (Lipinski definition) is 0. The van der Waals surface area contributed by atoms with Crippen molar-refractivity contribution in [2.24, 2.45) is 0 Å². The van der Waals surface area contributed by atoms with Gasteiger partial charge in [0.1, 0.15) is 0 Å². The van der Waals surface area contributed by atoms with Crippen molar-refractivity contribution in [1.29, 1.82) is 0 Å². The number of benzene rings is 3. The van der Waals surface area contributed by atoms with Gasteiger partial charge in [-0.3, -0.25) is 0 Å². The van der Waals surface area contributed by atoms with E-state index in [2.05, 4.69) is 138 Å². The molecule has 3 aromatic rings. The average Bonchev–Trinajstić information content (AvgIpc) is 2.79. The fourth-order valence-electron chi connectivity index (χ4n) is 4.21. The summed E-state index contributed by atoms with van der Waals surface area (Å²) in [7, 11) is 0. The first-order chi connectivity index (χ1) is 15.4. The Kier molecular flexibility index (Phi) is 8.34. The summed E-state index contributed by atoms with van der Waals surface area (Å²) in [5, 5.41) is 0. The van der Waals surface area contributed by atoms with Crippen LogP contribution in [0, 0.1) is 0 Å². The van der Waals surface area contributed by atoms with Gasteiger partial charge >= 0.3 is 0 Å². The third kappa shape index (κ3) is 6.13. The lowest BCUT2D eigenvalue weighted by Gasteiger charge is -2.25. The van der Waals surface area contributed by atoms with E-state index in [4.69, 9.17) is 0 Å². The Hall–Kier alpha value is -2.80. The molecule has 0 heterocycles. The molecule has 0 N–H and O–H groups in total. The summed E-state index contributed by atoms with van der Waals surface area (Å²) < 4.78 is 0. The molecule has 0 radical (unpaired) electrons. The maximum absolute atomic E-state index is 2.45. The van der Waals surface area contributed by atoms with Gasteiger partial charge in [-0.05, 0) is 45.6 Å². The molecule has 3 rings (SSSR count). The lowest BCUT2D eigenvalue weighted by molar-refractivity contribution is 0.812. The van der Waals surface area contributed by atoms with Crippen molar-refractivity contribution in [3.05, 3.63) is 113 Å². The zero-order valence-corrected chi connectivity index (χ0v) is 20.5. The molecular weight excluding hydrogens is 383 g/mol. The number of hydrogen-bond acceptors (Lipinski definition) is 0. The molecule has 1 heteroatoms. The highest BCUT2D eigenvalue weighted by atomic mass is 14.2. The van der Waals surface area contributed by atoms with Crippen molar-refractivity contribution in [3.63, 3.8) is 0 Å². The molecule has 3 aromatic carbocycles. The van der Waals surface area contributed by atoms with Gasteiger partial charge in [0, 0.05) is 0 Å². The third-order valence-corrected chi connectivity index (χ3v) is 6.10. The predicted octanol–water partition coefficient (Wildman–Crippen LogP) is 8.26. The van der Waals surface area contributed by atoms with Crippen molar-refractivity contribution in [3.8, 4) is 0 Å². The minimum absolute atomic E-state index is 0.214. The van der Waals surface area contributed by atoms with Crippen LogP contribution in [0.15, 0.2) is 84.7 Å². The summed E-state index contributed by atoms with van der Waals surface area (Å²) in [6, 6.07) is 26.1. The molecule has 0 spiro atoms. The second kappa shape index (κ2) is 11.2. The second-order valence-corrected chi connectivity index (χ2v) is 9.64. The van der Waals surface area contributed by atoms with Crippen molar-refractivity contribution in [1.82, 2.24) is 0 Å². The zero-order valence-electron chi connectivity index (χ0n) is 20.5. The zero-order chi connectivity index (χ0) is 23.1. The van der Waals surface area contributed by atoms with E-state index >= 15 is 0 Å². The molecular formula is C31H37B. The van der Waals surface area contributed by atoms with Gasteiger partial charge in [-0.2, -0.15) is 0 Å². The average molecular weight is 420 g/mol. The summed E-state index contributed by atoms with van der Waals surface area (Å²) in [4.78, 5) is 0. The Balaban J connectivity index is 2.18. The van der Waals surface area contributed by atoms with E-state index in [1.165, 1.54) is 33.3 Å². The van der Waals surface area contributed by atoms with Crippen LogP contribution >= 0.6 is 0 Å². The highest BCUT2D eigenvalue weighted by Crippen LogP contribution is 2.27. The van der Waals surface area contributed by atoms with Crippen molar-refractivity contribution in [2.75, 3.05) is 0 Å². The smallest absolute Gasteiger partial charge is 0.105 e. The van der Waals surface area contributed by atoms with Gasteiger partial charge in [-0.25, -0.2) is 0 Å². The minimum Gasteiger partial charge on any atom is -0.105 e. The highest BCUT2D eigenvalue weighted by molar-refractivity contribution is 6.83. The molecule has 0 unspecified atom stereocenters. The van der Waals surface area contributed by atoms with Gasteiger partial charge in [-0.1, -0.05) is 132 Å². The maximum Gasteiger partial charge on any atom is 0.227 e. The summed E-state index contributed by atoms with van der Waals surface area (Å²) in [5.74, 6) is 6.21. The normalized spacial score (nSPS) is 12.0. The first kappa shape index (κ1) is 23.9. The minimum atomic E-state index is 0.214. The van der Waals surface area contributed by atoms with Crippen LogP contribution in [-0.4, -0.2) is 6.71 Å². The molecule has 0 fully saturated rings. The molecule has 0 aliphatic heterocycles. The van der Waals surface area contributed by atoms with E-state index in [0.717, 1.165) is 0 Å². The maximum atomic E-state index is 2.45. The fraction of sp³-hybridized carbons (Fsp3) is 0.290. The Bertz CT molecular complexity index is 962. The van der Waals surface area contributed by atoms with Gasteiger partial charge < -0.3 is 0 Å². The van der Waals surface area contributed by atoms with Crippen LogP contribution in [0.4, 0.5) is 0 Å². The monoisotopic (exact) mass is 420 g/mol. The van der Waals surface area contributed by atoms with Gasteiger partial charge in [0.25, 0.3) is 0 Å². The molecule has 0 nitrogen and oxygen atoms in total. The summed E-state index contributed by atoms with van der Waals surface area (Å²) in [6.45, 7) is 14.1. The first-order valence-corrected chi connectivity index (χ1v) is 12.0. The number of rotatable bonds is 8. The molecule has 164 valence electrons. The molecule has 0 bridgehead atoms. The lowest BCUT2D eigenvalue weighted by Crippen LogP contribution is -2.35. The SMILES string of the molecule is CC(C)c1cc(C(C)C)c(B(/C=C/c2ccccc2)/C=C/c2ccccc2)c(C(C)C)c1. The molecule has 0 atom stereocenters. The fourth-order valence-corrected chi connectivity index (χ4v) is 4.21. The van der Waals surface area contributed by atoms with E-state index in [-0.39, 0.29) is 6.71 Å². The van der Waals surface area contributed by atoms with Crippen LogP contribution < -0.4 is 5.46 Å². The molecule has 0 saturated heterocycles. The van der Waals surface area contributed by atoms with Crippen LogP contribution in [0.2, 0.25) is 0 Å². The van der Waals surface area contributed by atoms with Crippen LogP contribution in [-0.2, 0) is 0 Å². The Labute approximate surface area is 196 Å². The molecule has 0 aliphatic rings. The van der Waals surface area contributed by atoms with Crippen LogP contribution in [0.25, 0.3) is 12.2 Å². The summed E-state index contributed by atoms with van der Waals surface area (Å²) >= 11 is 0. The lowest BCUT2D eigenvalue weighted by atomic mass is 9.41. The van der Waals surface area contributed by atoms with E-state index in [1.54, 1.807) is 0 Å². The molecule has 0 saturated carbocycles. The van der Waals surface area contributed by atoms with Crippen LogP contribution in [0.1, 0.15) is 87.1 Å². The van der Waals surface area contributed by atoms with E-state index in [1.807, 2.05) is 0 Å². The molecule has 0 aliphatic carbocycles. The highest BCUT2D eigenvalue weighted by Gasteiger charge is 2.23. The topological polar surface area (TPSA) is 0 Å². The molecule has 0 amide bonds. The van der Waals surface area contributed by atoms with Crippen LogP contribution in [0.5, 0.6) is 0 Å². The summed E-state index contributed by atoms with van der Waals surface area (Å²) in [6.07, 6.45) is 4.54. The largest absolute Gasteiger partial charge is 0.227 e. The van der Waals surface area contributed by atoms with Gasteiger partial charge in [0.05, 0.1) is 0 Å². The quantitative estimate of drug-likeness (QED) is 0.322. The van der Waals surface area contributed by atoms with Crippen molar-refractivity contribution < 1.29 is 0 Å². The molecule has 32 heavy (non-hydrogen) atoms. The Morgan fingerprint density at radius 2 is 0.969 bits per heavy atom. The van der Waals surface area contributed by atoms with Gasteiger partial charge in [0.15, 0.2) is 0 Å². The van der Waals surface area contributed by atoms with Gasteiger partial charge in [0.2, 0.25) is 6.71 Å². The van der Waals surface area contributed by atoms with E-state index in [9.17, 15) is 0 Å². The second-order valence-electron chi connectivity index (χ2n) is 9.64. The predicted molar refractivity (Wildman–Crippen MR) is 145 cm³/mol. The summed E-state index contributed by atoms with van der Waals surface area (Å²) in [5.41, 5.74) is 8.33. The van der Waals surface area contributed by atoms with Crippen molar-refractivity contribution >= 4 is 24.3 Å². The first-order valence-electron chi connectivity index (χ1n) is 12.0. The van der Waals surface area contributed by atoms with E-state index in [0.29, 0.717) is 17.8 Å². The van der Waals surface area contributed by atoms with E-state index < -0.39 is 0 Å².